The summed E-state index contributed by atoms with van der Waals surface area (Å²) in [4.78, 5) is 15.9. The van der Waals surface area contributed by atoms with Crippen molar-refractivity contribution in [2.75, 3.05) is 39.6 Å². The lowest BCUT2D eigenvalue weighted by molar-refractivity contribution is -0.385. The van der Waals surface area contributed by atoms with Crippen LogP contribution in [0.15, 0.2) is 42.5 Å². The second kappa shape index (κ2) is 10.2. The van der Waals surface area contributed by atoms with Gasteiger partial charge >= 0.3 is 0 Å². The van der Waals surface area contributed by atoms with E-state index >= 15 is 0 Å². The van der Waals surface area contributed by atoms with Gasteiger partial charge in [-0.15, -0.1) is 0 Å². The van der Waals surface area contributed by atoms with E-state index in [9.17, 15) is 10.1 Å². The van der Waals surface area contributed by atoms with Crippen LogP contribution in [0.3, 0.4) is 0 Å². The summed E-state index contributed by atoms with van der Waals surface area (Å²) in [5.74, 6) is 0.716. The van der Waals surface area contributed by atoms with Gasteiger partial charge in [-0.2, -0.15) is 0 Å². The van der Waals surface area contributed by atoms with Crippen LogP contribution in [0.5, 0.6) is 5.75 Å². The van der Waals surface area contributed by atoms with E-state index in [-0.39, 0.29) is 23.4 Å². The second-order valence-corrected chi connectivity index (χ2v) is 8.11. The number of ether oxygens (including phenoxy) is 3. The molecule has 2 aliphatic heterocycles. The minimum atomic E-state index is -0.350. The first-order valence-corrected chi connectivity index (χ1v) is 10.7. The SMILES string of the molecule is CC(CN1CCOCC1)N(Cc1ccccc1)Cc1cc([N+](=O)[O-])cc2c1OCOC2. The quantitative estimate of drug-likeness (QED) is 0.473. The number of non-ortho nitro benzene ring substituents is 1. The number of rotatable bonds is 8. The summed E-state index contributed by atoms with van der Waals surface area (Å²) in [5, 5.41) is 11.5. The van der Waals surface area contributed by atoms with Gasteiger partial charge in [-0.05, 0) is 12.5 Å². The predicted molar refractivity (Wildman–Crippen MR) is 116 cm³/mol. The normalized spacial score (nSPS) is 17.7. The van der Waals surface area contributed by atoms with Crippen LogP contribution in [0, 0.1) is 10.1 Å². The lowest BCUT2D eigenvalue weighted by Crippen LogP contribution is -2.45. The lowest BCUT2D eigenvalue weighted by atomic mass is 10.0. The first-order valence-electron chi connectivity index (χ1n) is 10.7. The summed E-state index contributed by atoms with van der Waals surface area (Å²) in [5.41, 5.74) is 2.84. The number of hydrogen-bond donors (Lipinski definition) is 0. The maximum absolute atomic E-state index is 11.5. The third kappa shape index (κ3) is 5.59. The molecule has 1 fully saturated rings. The van der Waals surface area contributed by atoms with E-state index in [2.05, 4.69) is 28.9 Å². The number of nitro groups is 1. The van der Waals surface area contributed by atoms with E-state index in [1.54, 1.807) is 12.1 Å². The number of nitro benzene ring substituents is 1. The zero-order valence-electron chi connectivity index (χ0n) is 17.9. The molecule has 2 aliphatic rings. The molecular formula is C23H29N3O5. The van der Waals surface area contributed by atoms with Crippen LogP contribution in [0.25, 0.3) is 0 Å². The maximum Gasteiger partial charge on any atom is 0.270 e. The smallest absolute Gasteiger partial charge is 0.270 e. The van der Waals surface area contributed by atoms with Crippen LogP contribution in [-0.4, -0.2) is 60.4 Å². The molecule has 0 radical (unpaired) electrons. The van der Waals surface area contributed by atoms with Gasteiger partial charge in [-0.3, -0.25) is 19.9 Å². The first-order chi connectivity index (χ1) is 15.1. The molecule has 2 aromatic carbocycles. The van der Waals surface area contributed by atoms with Crippen molar-refractivity contribution in [2.24, 2.45) is 0 Å². The average Bonchev–Trinajstić information content (AvgIpc) is 2.79. The molecule has 31 heavy (non-hydrogen) atoms. The summed E-state index contributed by atoms with van der Waals surface area (Å²) in [6.45, 7) is 8.31. The Morgan fingerprint density at radius 3 is 2.65 bits per heavy atom. The Labute approximate surface area is 182 Å². The highest BCUT2D eigenvalue weighted by molar-refractivity contribution is 5.50. The minimum absolute atomic E-state index is 0.0725. The van der Waals surface area contributed by atoms with Gasteiger partial charge in [0.05, 0.1) is 24.7 Å². The van der Waals surface area contributed by atoms with Crippen molar-refractivity contribution in [1.29, 1.82) is 0 Å². The third-order valence-corrected chi connectivity index (χ3v) is 5.83. The van der Waals surface area contributed by atoms with E-state index in [1.807, 2.05) is 18.2 Å². The van der Waals surface area contributed by atoms with Crippen molar-refractivity contribution in [3.8, 4) is 5.75 Å². The zero-order valence-corrected chi connectivity index (χ0v) is 17.9. The molecule has 1 unspecified atom stereocenters. The van der Waals surface area contributed by atoms with E-state index in [1.165, 1.54) is 5.56 Å². The van der Waals surface area contributed by atoms with Gasteiger partial charge in [0.15, 0.2) is 6.79 Å². The number of fused-ring (bicyclic) bond motifs is 1. The van der Waals surface area contributed by atoms with Crippen LogP contribution in [0.2, 0.25) is 0 Å². The largest absolute Gasteiger partial charge is 0.467 e. The summed E-state index contributed by atoms with van der Waals surface area (Å²) in [6.07, 6.45) is 0. The van der Waals surface area contributed by atoms with E-state index < -0.39 is 0 Å². The Balaban J connectivity index is 1.60. The van der Waals surface area contributed by atoms with Gasteiger partial charge in [-0.25, -0.2) is 0 Å². The fraction of sp³-hybridized carbons (Fsp3) is 0.478. The molecule has 0 N–H and O–H groups in total. The van der Waals surface area contributed by atoms with Gasteiger partial charge < -0.3 is 14.2 Å². The van der Waals surface area contributed by atoms with Crippen molar-refractivity contribution in [3.05, 3.63) is 69.3 Å². The van der Waals surface area contributed by atoms with Gasteiger partial charge in [0.2, 0.25) is 0 Å². The molecule has 0 saturated carbocycles. The Morgan fingerprint density at radius 1 is 1.13 bits per heavy atom. The standard InChI is InChI=1S/C23H29N3O5/c1-18(13-24-7-9-29-10-8-24)25(14-19-5-3-2-4-6-19)15-20-11-22(26(27)28)12-21-16-30-17-31-23(20)21/h2-6,11-12,18H,7-10,13-17H2,1H3. The molecule has 1 atom stereocenters. The van der Waals surface area contributed by atoms with Crippen molar-refractivity contribution in [3.63, 3.8) is 0 Å². The van der Waals surface area contributed by atoms with Crippen LogP contribution < -0.4 is 4.74 Å². The summed E-state index contributed by atoms with van der Waals surface area (Å²) in [7, 11) is 0. The highest BCUT2D eigenvalue weighted by atomic mass is 16.7. The Hall–Kier alpha value is -2.52. The summed E-state index contributed by atoms with van der Waals surface area (Å²) >= 11 is 0. The van der Waals surface area contributed by atoms with Crippen LogP contribution in [0.4, 0.5) is 5.69 Å². The summed E-state index contributed by atoms with van der Waals surface area (Å²) in [6, 6.07) is 13.7. The maximum atomic E-state index is 11.5. The van der Waals surface area contributed by atoms with Gasteiger partial charge in [0, 0.05) is 62.0 Å². The second-order valence-electron chi connectivity index (χ2n) is 8.11. The molecular weight excluding hydrogens is 398 g/mol. The molecule has 8 heteroatoms. The van der Waals surface area contributed by atoms with Crippen LogP contribution >= 0.6 is 0 Å². The number of benzene rings is 2. The van der Waals surface area contributed by atoms with Gasteiger partial charge in [0.25, 0.3) is 5.69 Å². The summed E-state index contributed by atoms with van der Waals surface area (Å²) < 4.78 is 16.6. The Morgan fingerprint density at radius 2 is 1.90 bits per heavy atom. The molecule has 0 amide bonds. The van der Waals surface area contributed by atoms with Crippen LogP contribution in [0.1, 0.15) is 23.6 Å². The van der Waals surface area contributed by atoms with E-state index in [0.29, 0.717) is 18.9 Å². The highest BCUT2D eigenvalue weighted by Crippen LogP contribution is 2.34. The molecule has 1 saturated heterocycles. The number of hydrogen-bond acceptors (Lipinski definition) is 7. The third-order valence-electron chi connectivity index (χ3n) is 5.83. The Kier molecular flexibility index (Phi) is 7.14. The molecule has 2 aromatic rings. The number of morpholine rings is 1. The predicted octanol–water partition coefficient (Wildman–Crippen LogP) is 3.18. The number of nitrogens with zero attached hydrogens (tertiary/aromatic N) is 3. The molecule has 2 heterocycles. The van der Waals surface area contributed by atoms with Gasteiger partial charge in [0.1, 0.15) is 5.75 Å². The van der Waals surface area contributed by atoms with Crippen molar-refractivity contribution >= 4 is 5.69 Å². The van der Waals surface area contributed by atoms with E-state index in [0.717, 1.165) is 50.5 Å². The van der Waals surface area contributed by atoms with E-state index in [4.69, 9.17) is 14.2 Å². The van der Waals surface area contributed by atoms with Gasteiger partial charge in [-0.1, -0.05) is 30.3 Å². The fourth-order valence-corrected chi connectivity index (χ4v) is 4.18. The molecule has 0 bridgehead atoms. The first kappa shape index (κ1) is 21.7. The minimum Gasteiger partial charge on any atom is -0.467 e. The lowest BCUT2D eigenvalue weighted by Gasteiger charge is -2.35. The van der Waals surface area contributed by atoms with Crippen molar-refractivity contribution in [1.82, 2.24) is 9.80 Å². The average molecular weight is 428 g/mol. The molecule has 4 rings (SSSR count). The zero-order chi connectivity index (χ0) is 21.6. The topological polar surface area (TPSA) is 77.3 Å². The van der Waals surface area contributed by atoms with Crippen LogP contribution in [-0.2, 0) is 29.2 Å². The molecule has 0 spiro atoms. The molecule has 0 aromatic heterocycles. The highest BCUT2D eigenvalue weighted by Gasteiger charge is 2.25. The molecule has 0 aliphatic carbocycles. The monoisotopic (exact) mass is 427 g/mol. The van der Waals surface area contributed by atoms with Crippen molar-refractivity contribution in [2.45, 2.75) is 32.7 Å². The molecule has 166 valence electrons. The molecule has 8 nitrogen and oxygen atoms in total. The van der Waals surface area contributed by atoms with Crippen molar-refractivity contribution < 1.29 is 19.1 Å². The Bertz CT molecular complexity index is 886. The fourth-order valence-electron chi connectivity index (χ4n) is 4.18.